The predicted molar refractivity (Wildman–Crippen MR) is 60.9 cm³/mol. The molecule has 5 nitrogen and oxygen atoms in total. The molecule has 1 aromatic rings. The van der Waals surface area contributed by atoms with Gasteiger partial charge in [0.25, 0.3) is 0 Å². The highest BCUT2D eigenvalue weighted by atomic mass is 16.5. The lowest BCUT2D eigenvalue weighted by Crippen LogP contribution is -2.33. The Labute approximate surface area is 96.4 Å². The fraction of sp³-hybridized carbons (Fsp3) is 0.818. The number of nitrogens with two attached hydrogens (primary N) is 1. The van der Waals surface area contributed by atoms with Gasteiger partial charge in [0, 0.05) is 20.1 Å². The monoisotopic (exact) mass is 227 g/mol. The summed E-state index contributed by atoms with van der Waals surface area (Å²) in [4.78, 5) is 4.31. The van der Waals surface area contributed by atoms with Gasteiger partial charge in [0.1, 0.15) is 0 Å². The van der Waals surface area contributed by atoms with Crippen LogP contribution in [0.15, 0.2) is 4.52 Å². The van der Waals surface area contributed by atoms with E-state index in [0.29, 0.717) is 18.3 Å². The van der Waals surface area contributed by atoms with Gasteiger partial charge in [-0.1, -0.05) is 18.5 Å². The first-order valence-electron chi connectivity index (χ1n) is 5.71. The van der Waals surface area contributed by atoms with Gasteiger partial charge < -0.3 is 15.0 Å². The van der Waals surface area contributed by atoms with Crippen LogP contribution in [0.2, 0.25) is 0 Å². The minimum Gasteiger partial charge on any atom is -0.385 e. The lowest BCUT2D eigenvalue weighted by molar-refractivity contribution is 0.194. The summed E-state index contributed by atoms with van der Waals surface area (Å²) in [6, 6.07) is 0. The Morgan fingerprint density at radius 1 is 1.50 bits per heavy atom. The van der Waals surface area contributed by atoms with Gasteiger partial charge in [0.2, 0.25) is 5.89 Å². The van der Waals surface area contributed by atoms with Gasteiger partial charge in [-0.05, 0) is 19.8 Å². The van der Waals surface area contributed by atoms with Crippen LogP contribution in [0.4, 0.5) is 0 Å². The van der Waals surface area contributed by atoms with Crippen LogP contribution in [0.25, 0.3) is 0 Å². The molecule has 2 N–H and O–H groups in total. The van der Waals surface area contributed by atoms with E-state index in [4.69, 9.17) is 15.0 Å². The van der Waals surface area contributed by atoms with Crippen LogP contribution in [0.5, 0.6) is 0 Å². The second-order valence-electron chi connectivity index (χ2n) is 4.28. The molecule has 0 fully saturated rings. The standard InChI is InChI=1S/C11H21N3O2/c1-4-7-11(2,12)10-13-9(14-16-10)6-5-8-15-3/h4-8,12H2,1-3H3. The van der Waals surface area contributed by atoms with Gasteiger partial charge in [0.05, 0.1) is 5.54 Å². The molecule has 0 aromatic carbocycles. The summed E-state index contributed by atoms with van der Waals surface area (Å²) in [5.74, 6) is 1.24. The molecular formula is C11H21N3O2. The van der Waals surface area contributed by atoms with Crippen LogP contribution in [0, 0.1) is 0 Å². The van der Waals surface area contributed by atoms with Gasteiger partial charge in [-0.25, -0.2) is 0 Å². The topological polar surface area (TPSA) is 74.2 Å². The van der Waals surface area contributed by atoms with E-state index in [1.807, 2.05) is 6.92 Å². The first kappa shape index (κ1) is 13.1. The van der Waals surface area contributed by atoms with Crippen LogP contribution in [-0.2, 0) is 16.7 Å². The molecule has 0 saturated heterocycles. The van der Waals surface area contributed by atoms with E-state index >= 15 is 0 Å². The summed E-state index contributed by atoms with van der Waals surface area (Å²) < 4.78 is 10.2. The normalized spacial score (nSPS) is 15.0. The Kier molecular flexibility index (Phi) is 4.89. The van der Waals surface area contributed by atoms with Gasteiger partial charge >= 0.3 is 0 Å². The van der Waals surface area contributed by atoms with Crippen LogP contribution < -0.4 is 5.73 Å². The quantitative estimate of drug-likeness (QED) is 0.716. The molecule has 5 heteroatoms. The number of rotatable bonds is 7. The minimum atomic E-state index is -0.513. The third kappa shape index (κ3) is 3.57. The SMILES string of the molecule is CCCC(C)(N)c1nc(CCCOC)no1. The van der Waals surface area contributed by atoms with E-state index in [2.05, 4.69) is 17.1 Å². The number of nitrogens with zero attached hydrogens (tertiary/aromatic N) is 2. The number of ether oxygens (including phenoxy) is 1. The van der Waals surface area contributed by atoms with Gasteiger partial charge in [-0.2, -0.15) is 4.98 Å². The molecule has 1 aromatic heterocycles. The zero-order valence-corrected chi connectivity index (χ0v) is 10.3. The summed E-state index contributed by atoms with van der Waals surface area (Å²) in [5, 5.41) is 3.91. The Bertz CT molecular complexity index is 310. The van der Waals surface area contributed by atoms with Crippen LogP contribution >= 0.6 is 0 Å². The van der Waals surface area contributed by atoms with E-state index in [0.717, 1.165) is 25.7 Å². The second-order valence-corrected chi connectivity index (χ2v) is 4.28. The molecule has 0 spiro atoms. The predicted octanol–water partition coefficient (Wildman–Crippen LogP) is 1.62. The number of methoxy groups -OCH3 is 1. The fourth-order valence-electron chi connectivity index (χ4n) is 1.59. The molecule has 1 atom stereocenters. The van der Waals surface area contributed by atoms with E-state index in [1.165, 1.54) is 0 Å². The van der Waals surface area contributed by atoms with Crippen LogP contribution in [-0.4, -0.2) is 23.9 Å². The molecular weight excluding hydrogens is 206 g/mol. The Hall–Kier alpha value is -0.940. The van der Waals surface area contributed by atoms with Crippen molar-refractivity contribution in [2.45, 2.75) is 45.1 Å². The third-order valence-electron chi connectivity index (χ3n) is 2.47. The summed E-state index contributed by atoms with van der Waals surface area (Å²) >= 11 is 0. The van der Waals surface area contributed by atoms with Crippen LogP contribution in [0.3, 0.4) is 0 Å². The molecule has 0 aliphatic heterocycles. The van der Waals surface area contributed by atoms with E-state index in [1.54, 1.807) is 7.11 Å². The van der Waals surface area contributed by atoms with Crippen molar-refractivity contribution in [3.63, 3.8) is 0 Å². The maximum absolute atomic E-state index is 6.10. The highest BCUT2D eigenvalue weighted by molar-refractivity contribution is 4.99. The number of aryl methyl sites for hydroxylation is 1. The van der Waals surface area contributed by atoms with Crippen molar-refractivity contribution in [3.8, 4) is 0 Å². The van der Waals surface area contributed by atoms with Crippen molar-refractivity contribution < 1.29 is 9.26 Å². The average Bonchev–Trinajstić information content (AvgIpc) is 2.67. The van der Waals surface area contributed by atoms with Gasteiger partial charge in [-0.3, -0.25) is 0 Å². The average molecular weight is 227 g/mol. The molecule has 1 unspecified atom stereocenters. The second kappa shape index (κ2) is 5.96. The van der Waals surface area contributed by atoms with Crippen molar-refractivity contribution in [3.05, 3.63) is 11.7 Å². The van der Waals surface area contributed by atoms with Crippen molar-refractivity contribution in [2.24, 2.45) is 5.73 Å². The lowest BCUT2D eigenvalue weighted by Gasteiger charge is -2.18. The molecule has 1 rings (SSSR count). The molecule has 92 valence electrons. The molecule has 0 aliphatic rings. The summed E-state index contributed by atoms with van der Waals surface area (Å²) in [7, 11) is 1.68. The number of hydrogen-bond donors (Lipinski definition) is 1. The van der Waals surface area contributed by atoms with Crippen LogP contribution in [0.1, 0.15) is 44.8 Å². The molecule has 0 aliphatic carbocycles. The smallest absolute Gasteiger partial charge is 0.246 e. The molecule has 1 heterocycles. The summed E-state index contributed by atoms with van der Waals surface area (Å²) in [5.41, 5.74) is 5.58. The maximum Gasteiger partial charge on any atom is 0.246 e. The Morgan fingerprint density at radius 2 is 2.25 bits per heavy atom. The highest BCUT2D eigenvalue weighted by Crippen LogP contribution is 2.21. The van der Waals surface area contributed by atoms with Gasteiger partial charge in [0.15, 0.2) is 5.82 Å². The van der Waals surface area contributed by atoms with E-state index < -0.39 is 5.54 Å². The highest BCUT2D eigenvalue weighted by Gasteiger charge is 2.27. The Balaban J connectivity index is 2.56. The largest absolute Gasteiger partial charge is 0.385 e. The molecule has 16 heavy (non-hydrogen) atoms. The zero-order valence-electron chi connectivity index (χ0n) is 10.3. The minimum absolute atomic E-state index is 0.513. The molecule has 0 bridgehead atoms. The first-order valence-corrected chi connectivity index (χ1v) is 5.71. The summed E-state index contributed by atoms with van der Waals surface area (Å²) in [6.45, 7) is 4.71. The third-order valence-corrected chi connectivity index (χ3v) is 2.47. The van der Waals surface area contributed by atoms with Crippen molar-refractivity contribution in [1.82, 2.24) is 10.1 Å². The number of hydrogen-bond acceptors (Lipinski definition) is 5. The van der Waals surface area contributed by atoms with Crippen molar-refractivity contribution >= 4 is 0 Å². The number of aromatic nitrogens is 2. The fourth-order valence-corrected chi connectivity index (χ4v) is 1.59. The zero-order chi connectivity index (χ0) is 12.0. The first-order chi connectivity index (χ1) is 7.60. The molecule has 0 amide bonds. The Morgan fingerprint density at radius 3 is 2.88 bits per heavy atom. The van der Waals surface area contributed by atoms with E-state index in [-0.39, 0.29) is 0 Å². The molecule has 0 radical (unpaired) electrons. The van der Waals surface area contributed by atoms with Crippen molar-refractivity contribution in [1.29, 1.82) is 0 Å². The molecule has 0 saturated carbocycles. The summed E-state index contributed by atoms with van der Waals surface area (Å²) in [6.07, 6.45) is 3.49. The van der Waals surface area contributed by atoms with Gasteiger partial charge in [-0.15, -0.1) is 0 Å². The van der Waals surface area contributed by atoms with E-state index in [9.17, 15) is 0 Å². The maximum atomic E-state index is 6.10. The van der Waals surface area contributed by atoms with Crippen molar-refractivity contribution in [2.75, 3.05) is 13.7 Å². The lowest BCUT2D eigenvalue weighted by atomic mass is 9.98.